The molecule has 0 saturated carbocycles. The van der Waals surface area contributed by atoms with Crippen LogP contribution in [0.25, 0.3) is 0 Å². The van der Waals surface area contributed by atoms with Crippen molar-refractivity contribution in [2.45, 2.75) is 52.0 Å². The van der Waals surface area contributed by atoms with E-state index in [4.69, 9.17) is 5.84 Å². The van der Waals surface area contributed by atoms with Crippen LogP contribution >= 0.6 is 0 Å². The molecule has 19 heavy (non-hydrogen) atoms. The second-order valence-corrected chi connectivity index (χ2v) is 5.02. The van der Waals surface area contributed by atoms with Crippen LogP contribution in [0, 0.1) is 17.6 Å². The van der Waals surface area contributed by atoms with E-state index in [9.17, 15) is 8.78 Å². The summed E-state index contributed by atoms with van der Waals surface area (Å²) in [6, 6.07) is 3.54. The summed E-state index contributed by atoms with van der Waals surface area (Å²) in [5.74, 6) is 5.20. The Balaban J connectivity index is 2.76. The Labute approximate surface area is 114 Å². The van der Waals surface area contributed by atoms with Gasteiger partial charge in [0.25, 0.3) is 0 Å². The van der Waals surface area contributed by atoms with Crippen LogP contribution < -0.4 is 11.3 Å². The minimum absolute atomic E-state index is 0.0205. The maximum absolute atomic E-state index is 13.7. The minimum Gasteiger partial charge on any atom is -0.271 e. The van der Waals surface area contributed by atoms with Crippen LogP contribution in [0.4, 0.5) is 8.78 Å². The van der Waals surface area contributed by atoms with E-state index < -0.39 is 5.82 Å². The first-order chi connectivity index (χ1) is 9.12. The molecule has 0 aliphatic heterocycles. The smallest absolute Gasteiger partial charge is 0.126 e. The predicted octanol–water partition coefficient (Wildman–Crippen LogP) is 3.56. The summed E-state index contributed by atoms with van der Waals surface area (Å²) in [6.07, 6.45) is 4.71. The minimum atomic E-state index is -0.409. The normalized spacial score (nSPS) is 14.4. The molecular weight excluding hydrogens is 246 g/mol. The highest BCUT2D eigenvalue weighted by molar-refractivity contribution is 5.20. The van der Waals surface area contributed by atoms with Crippen molar-refractivity contribution in [1.82, 2.24) is 5.43 Å². The molecule has 0 aliphatic carbocycles. The van der Waals surface area contributed by atoms with E-state index >= 15 is 0 Å². The summed E-state index contributed by atoms with van der Waals surface area (Å²) in [6.45, 7) is 4.25. The molecule has 0 saturated heterocycles. The van der Waals surface area contributed by atoms with Crippen LogP contribution in [0.2, 0.25) is 0 Å². The Morgan fingerprint density at radius 1 is 1.26 bits per heavy atom. The maximum Gasteiger partial charge on any atom is 0.126 e. The average Bonchev–Trinajstić information content (AvgIpc) is 2.41. The van der Waals surface area contributed by atoms with E-state index in [0.717, 1.165) is 31.7 Å². The van der Waals surface area contributed by atoms with Crippen molar-refractivity contribution < 1.29 is 8.78 Å². The third-order valence-electron chi connectivity index (χ3n) is 3.68. The number of hydrogen-bond acceptors (Lipinski definition) is 2. The zero-order chi connectivity index (χ0) is 14.3. The van der Waals surface area contributed by atoms with Crippen molar-refractivity contribution >= 4 is 0 Å². The molecule has 0 aliphatic rings. The molecule has 3 N–H and O–H groups in total. The average molecular weight is 270 g/mol. The molecule has 0 heterocycles. The van der Waals surface area contributed by atoms with Crippen molar-refractivity contribution in [3.05, 3.63) is 35.4 Å². The lowest BCUT2D eigenvalue weighted by Crippen LogP contribution is -2.42. The van der Waals surface area contributed by atoms with Gasteiger partial charge in [0.2, 0.25) is 0 Å². The lowest BCUT2D eigenvalue weighted by atomic mass is 9.87. The van der Waals surface area contributed by atoms with Gasteiger partial charge in [0.05, 0.1) is 0 Å². The lowest BCUT2D eigenvalue weighted by molar-refractivity contribution is 0.316. The van der Waals surface area contributed by atoms with Crippen LogP contribution in [0.5, 0.6) is 0 Å². The molecule has 0 fully saturated rings. The van der Waals surface area contributed by atoms with Crippen molar-refractivity contribution in [2.24, 2.45) is 11.8 Å². The van der Waals surface area contributed by atoms with Crippen LogP contribution in [-0.2, 0) is 6.42 Å². The van der Waals surface area contributed by atoms with Gasteiger partial charge < -0.3 is 0 Å². The second-order valence-electron chi connectivity index (χ2n) is 5.02. The van der Waals surface area contributed by atoms with Gasteiger partial charge >= 0.3 is 0 Å². The Hall–Kier alpha value is -1.00. The molecule has 0 radical (unpaired) electrons. The van der Waals surface area contributed by atoms with Crippen molar-refractivity contribution in [3.8, 4) is 0 Å². The van der Waals surface area contributed by atoms with E-state index in [2.05, 4.69) is 19.3 Å². The Bertz CT molecular complexity index is 382. The fraction of sp³-hybridized carbons (Fsp3) is 0.600. The van der Waals surface area contributed by atoms with Gasteiger partial charge in [-0.15, -0.1) is 0 Å². The molecule has 4 heteroatoms. The molecule has 2 atom stereocenters. The number of halogens is 2. The standard InChI is InChI=1S/C15H24F2N2/c1-3-5-6-11(4-2)15(19-18)10-12-9-13(16)7-8-14(12)17/h7-9,11,15,19H,3-6,10,18H2,1-2H3. The van der Waals surface area contributed by atoms with Gasteiger partial charge in [0.15, 0.2) is 0 Å². The third-order valence-corrected chi connectivity index (χ3v) is 3.68. The Kier molecular flexibility index (Phi) is 6.95. The quantitative estimate of drug-likeness (QED) is 0.560. The van der Waals surface area contributed by atoms with Crippen LogP contribution in [0.3, 0.4) is 0 Å². The predicted molar refractivity (Wildman–Crippen MR) is 74.5 cm³/mol. The molecule has 0 aromatic heterocycles. The maximum atomic E-state index is 13.7. The number of nitrogens with one attached hydrogen (secondary N) is 1. The van der Waals surface area contributed by atoms with E-state index in [-0.39, 0.29) is 11.9 Å². The van der Waals surface area contributed by atoms with Crippen LogP contribution in [-0.4, -0.2) is 6.04 Å². The van der Waals surface area contributed by atoms with Crippen molar-refractivity contribution in [1.29, 1.82) is 0 Å². The van der Waals surface area contributed by atoms with E-state index in [1.54, 1.807) is 0 Å². The van der Waals surface area contributed by atoms with Gasteiger partial charge in [0.1, 0.15) is 11.6 Å². The summed E-state index contributed by atoms with van der Waals surface area (Å²) in [4.78, 5) is 0. The first-order valence-electron chi connectivity index (χ1n) is 7.02. The second kappa shape index (κ2) is 8.23. The monoisotopic (exact) mass is 270 g/mol. The third kappa shape index (κ3) is 4.88. The van der Waals surface area contributed by atoms with Crippen molar-refractivity contribution in [3.63, 3.8) is 0 Å². The lowest BCUT2D eigenvalue weighted by Gasteiger charge is -2.26. The van der Waals surface area contributed by atoms with Crippen LogP contribution in [0.15, 0.2) is 18.2 Å². The number of nitrogens with two attached hydrogens (primary N) is 1. The van der Waals surface area contributed by atoms with Gasteiger partial charge in [-0.2, -0.15) is 0 Å². The number of hydrazine groups is 1. The first-order valence-corrected chi connectivity index (χ1v) is 7.02. The summed E-state index contributed by atoms with van der Waals surface area (Å²) in [5, 5.41) is 0. The zero-order valence-electron chi connectivity index (χ0n) is 11.8. The van der Waals surface area contributed by atoms with Gasteiger partial charge in [-0.25, -0.2) is 8.78 Å². The molecule has 0 spiro atoms. The molecule has 0 bridgehead atoms. The number of unbranched alkanes of at least 4 members (excludes halogenated alkanes) is 1. The fourth-order valence-electron chi connectivity index (χ4n) is 2.45. The molecule has 0 amide bonds. The van der Waals surface area contributed by atoms with E-state index in [1.165, 1.54) is 12.1 Å². The summed E-state index contributed by atoms with van der Waals surface area (Å²) in [5.41, 5.74) is 3.15. The summed E-state index contributed by atoms with van der Waals surface area (Å²) < 4.78 is 26.8. The molecule has 108 valence electrons. The highest BCUT2D eigenvalue weighted by Gasteiger charge is 2.20. The van der Waals surface area contributed by atoms with Gasteiger partial charge in [-0.05, 0) is 42.5 Å². The van der Waals surface area contributed by atoms with Gasteiger partial charge in [-0.1, -0.05) is 33.1 Å². The number of benzene rings is 1. The van der Waals surface area contributed by atoms with Gasteiger partial charge in [0, 0.05) is 6.04 Å². The molecule has 2 nitrogen and oxygen atoms in total. The molecular formula is C15H24F2N2. The first kappa shape index (κ1) is 16.1. The SMILES string of the molecule is CCCCC(CC)C(Cc1cc(F)ccc1F)NN. The number of rotatable bonds is 8. The molecule has 1 rings (SSSR count). The summed E-state index contributed by atoms with van der Waals surface area (Å²) >= 11 is 0. The highest BCUT2D eigenvalue weighted by Crippen LogP contribution is 2.21. The molecule has 1 aromatic carbocycles. The number of hydrogen-bond donors (Lipinski definition) is 2. The Morgan fingerprint density at radius 2 is 2.00 bits per heavy atom. The summed E-state index contributed by atoms with van der Waals surface area (Å²) in [7, 11) is 0. The Morgan fingerprint density at radius 3 is 2.58 bits per heavy atom. The molecule has 2 unspecified atom stereocenters. The van der Waals surface area contributed by atoms with Crippen molar-refractivity contribution in [2.75, 3.05) is 0 Å². The topological polar surface area (TPSA) is 38.0 Å². The largest absolute Gasteiger partial charge is 0.271 e. The van der Waals surface area contributed by atoms with E-state index in [0.29, 0.717) is 17.9 Å². The highest BCUT2D eigenvalue weighted by atomic mass is 19.1. The van der Waals surface area contributed by atoms with Gasteiger partial charge in [-0.3, -0.25) is 11.3 Å². The van der Waals surface area contributed by atoms with E-state index in [1.807, 2.05) is 0 Å². The molecule has 1 aromatic rings. The van der Waals surface area contributed by atoms with Crippen LogP contribution in [0.1, 0.15) is 45.1 Å². The zero-order valence-corrected chi connectivity index (χ0v) is 11.8. The fourth-order valence-corrected chi connectivity index (χ4v) is 2.45.